The number of hydrogen-bond donors (Lipinski definition) is 2. The Morgan fingerprint density at radius 2 is 1.61 bits per heavy atom. The molecule has 2 aromatic carbocycles. The van der Waals surface area contributed by atoms with Gasteiger partial charge in [0.1, 0.15) is 28.5 Å². The number of aryl methyl sites for hydroxylation is 1. The van der Waals surface area contributed by atoms with Gasteiger partial charge in [0.15, 0.2) is 0 Å². The van der Waals surface area contributed by atoms with Crippen molar-refractivity contribution in [3.8, 4) is 22.6 Å². The van der Waals surface area contributed by atoms with Crippen molar-refractivity contribution in [2.75, 3.05) is 0 Å². The fraction of sp³-hybridized carbons (Fsp3) is 0.111. The normalized spacial score (nSPS) is 10.7. The molecule has 2 N–H and O–H groups in total. The Morgan fingerprint density at radius 3 is 2.22 bits per heavy atom. The molecule has 0 radical (unpaired) electrons. The summed E-state index contributed by atoms with van der Waals surface area (Å²) >= 11 is 0. The first-order valence-corrected chi connectivity index (χ1v) is 7.18. The van der Waals surface area contributed by atoms with Crippen LogP contribution >= 0.6 is 0 Å². The zero-order chi connectivity index (χ0) is 16.6. The summed E-state index contributed by atoms with van der Waals surface area (Å²) in [7, 11) is 0. The van der Waals surface area contributed by atoms with E-state index in [-0.39, 0.29) is 17.1 Å². The van der Waals surface area contributed by atoms with Crippen LogP contribution in [0.1, 0.15) is 11.5 Å². The average molecular weight is 311 g/mol. The Hall–Kier alpha value is -2.95. The van der Waals surface area contributed by atoms with E-state index < -0.39 is 0 Å². The highest BCUT2D eigenvalue weighted by molar-refractivity contribution is 5.63. The molecule has 3 rings (SSSR count). The number of nitrogens with one attached hydrogen (secondary N) is 1. The molecule has 1 heterocycles. The van der Waals surface area contributed by atoms with Crippen LogP contribution in [-0.4, -0.2) is 10.1 Å². The lowest BCUT2D eigenvalue weighted by Crippen LogP contribution is -2.42. The molecule has 3 aromatic rings. The summed E-state index contributed by atoms with van der Waals surface area (Å²) in [5.41, 5.74) is 2.48. The fourth-order valence-corrected chi connectivity index (χ4v) is 2.76. The van der Waals surface area contributed by atoms with Crippen LogP contribution in [0.5, 0.6) is 5.75 Å². The average Bonchev–Trinajstić information content (AvgIpc) is 2.50. The third-order valence-corrected chi connectivity index (χ3v) is 3.79. The maximum Gasteiger partial charge on any atom is 0.343 e. The number of benzene rings is 2. The van der Waals surface area contributed by atoms with Gasteiger partial charge in [0.2, 0.25) is 0 Å². The Balaban J connectivity index is 2.26. The topological polar surface area (TPSA) is 57.0 Å². The van der Waals surface area contributed by atoms with Crippen molar-refractivity contribution in [2.45, 2.75) is 13.8 Å². The van der Waals surface area contributed by atoms with Gasteiger partial charge in [0, 0.05) is 6.92 Å². The number of aromatic hydroxyl groups is 1. The van der Waals surface area contributed by atoms with E-state index in [1.807, 2.05) is 11.5 Å². The number of hydrogen-bond acceptors (Lipinski definition) is 2. The van der Waals surface area contributed by atoms with Gasteiger partial charge < -0.3 is 5.11 Å². The number of aromatic amines is 1. The molecule has 0 amide bonds. The van der Waals surface area contributed by atoms with Gasteiger partial charge in [-0.3, -0.25) is 0 Å². The van der Waals surface area contributed by atoms with Gasteiger partial charge in [0.25, 0.3) is 5.82 Å². The number of phenols is 1. The van der Waals surface area contributed by atoms with E-state index in [0.29, 0.717) is 17.0 Å². The molecule has 0 saturated heterocycles. The first-order chi connectivity index (χ1) is 11.0. The number of H-pyrrole nitrogens is 1. The Morgan fingerprint density at radius 1 is 1.00 bits per heavy atom. The molecule has 0 bridgehead atoms. The number of nitrogens with zero attached hydrogens (tertiary/aromatic N) is 1. The zero-order valence-corrected chi connectivity index (χ0v) is 12.8. The summed E-state index contributed by atoms with van der Waals surface area (Å²) < 4.78 is 15.0. The number of rotatable bonds is 2. The van der Waals surface area contributed by atoms with E-state index in [1.54, 1.807) is 43.3 Å². The van der Waals surface area contributed by atoms with Gasteiger partial charge in [0.05, 0.1) is 0 Å². The highest BCUT2D eigenvalue weighted by Crippen LogP contribution is 2.19. The smallest absolute Gasteiger partial charge is 0.343 e. The second kappa shape index (κ2) is 5.68. The minimum absolute atomic E-state index is 0.174. The predicted molar refractivity (Wildman–Crippen MR) is 85.1 cm³/mol. The summed E-state index contributed by atoms with van der Waals surface area (Å²) in [5.74, 6) is 0.498. The molecule has 0 aliphatic carbocycles. The number of phenolic OH excluding ortho intramolecular Hbond substituents is 1. The van der Waals surface area contributed by atoms with Crippen LogP contribution in [0.3, 0.4) is 0 Å². The SMILES string of the molecule is Cc1[nH]c(=O)c(-c2ccc(F)cc2)c(C)[n+]1-c1ccc(O)cc1. The van der Waals surface area contributed by atoms with Crippen molar-refractivity contribution < 1.29 is 14.1 Å². The minimum atomic E-state index is -0.346. The molecule has 0 unspecified atom stereocenters. The summed E-state index contributed by atoms with van der Waals surface area (Å²) in [6.45, 7) is 3.64. The van der Waals surface area contributed by atoms with E-state index in [2.05, 4.69) is 4.98 Å². The van der Waals surface area contributed by atoms with Crippen LogP contribution in [0.15, 0.2) is 53.3 Å². The van der Waals surface area contributed by atoms with Crippen molar-refractivity contribution in [3.63, 3.8) is 0 Å². The monoisotopic (exact) mass is 311 g/mol. The lowest BCUT2D eigenvalue weighted by atomic mass is 10.1. The highest BCUT2D eigenvalue weighted by atomic mass is 19.1. The first-order valence-electron chi connectivity index (χ1n) is 7.18. The molecular weight excluding hydrogens is 295 g/mol. The Labute approximate surface area is 132 Å². The molecule has 0 saturated carbocycles. The van der Waals surface area contributed by atoms with Crippen LogP contribution in [0.2, 0.25) is 0 Å². The van der Waals surface area contributed by atoms with E-state index in [9.17, 15) is 14.3 Å². The van der Waals surface area contributed by atoms with Crippen molar-refractivity contribution >= 4 is 0 Å². The maximum absolute atomic E-state index is 13.1. The summed E-state index contributed by atoms with van der Waals surface area (Å²) in [5, 5.41) is 9.44. The summed E-state index contributed by atoms with van der Waals surface area (Å²) in [6.07, 6.45) is 0. The molecule has 0 aliphatic heterocycles. The fourth-order valence-electron chi connectivity index (χ4n) is 2.76. The van der Waals surface area contributed by atoms with Crippen LogP contribution in [-0.2, 0) is 0 Å². The van der Waals surface area contributed by atoms with E-state index in [4.69, 9.17) is 0 Å². The first kappa shape index (κ1) is 15.0. The van der Waals surface area contributed by atoms with Crippen molar-refractivity contribution in [1.29, 1.82) is 0 Å². The van der Waals surface area contributed by atoms with Gasteiger partial charge in [-0.25, -0.2) is 18.7 Å². The van der Waals surface area contributed by atoms with Crippen LogP contribution in [0.25, 0.3) is 16.8 Å². The molecule has 5 heteroatoms. The van der Waals surface area contributed by atoms with Gasteiger partial charge >= 0.3 is 5.56 Å². The molecular formula is C18H16FN2O2+. The minimum Gasteiger partial charge on any atom is -0.508 e. The van der Waals surface area contributed by atoms with E-state index >= 15 is 0 Å². The van der Waals surface area contributed by atoms with Crippen LogP contribution in [0, 0.1) is 19.7 Å². The molecule has 4 nitrogen and oxygen atoms in total. The number of halogens is 1. The van der Waals surface area contributed by atoms with Gasteiger partial charge in [-0.15, -0.1) is 0 Å². The highest BCUT2D eigenvalue weighted by Gasteiger charge is 2.20. The standard InChI is InChI=1S/C18H15FN2O2/c1-11-17(13-3-5-14(19)6-4-13)18(23)20-12(2)21(11)15-7-9-16(22)10-8-15/h3-10,22H,1-2H3/p+1. The molecule has 0 fully saturated rings. The summed E-state index contributed by atoms with van der Waals surface area (Å²) in [4.78, 5) is 15.2. The molecule has 23 heavy (non-hydrogen) atoms. The van der Waals surface area contributed by atoms with Crippen molar-refractivity contribution in [1.82, 2.24) is 4.98 Å². The van der Waals surface area contributed by atoms with E-state index in [0.717, 1.165) is 11.4 Å². The number of aromatic nitrogens is 2. The van der Waals surface area contributed by atoms with Crippen molar-refractivity contribution in [2.24, 2.45) is 0 Å². The summed E-state index contributed by atoms with van der Waals surface area (Å²) in [6, 6.07) is 12.5. The van der Waals surface area contributed by atoms with E-state index in [1.165, 1.54) is 12.1 Å². The predicted octanol–water partition coefficient (Wildman–Crippen LogP) is 2.78. The maximum atomic E-state index is 13.1. The van der Waals surface area contributed by atoms with Crippen LogP contribution in [0.4, 0.5) is 4.39 Å². The van der Waals surface area contributed by atoms with Crippen LogP contribution < -0.4 is 10.1 Å². The molecule has 116 valence electrons. The van der Waals surface area contributed by atoms with Crippen molar-refractivity contribution in [3.05, 3.63) is 76.2 Å². The molecule has 0 aliphatic rings. The second-order valence-electron chi connectivity index (χ2n) is 5.36. The third-order valence-electron chi connectivity index (χ3n) is 3.79. The van der Waals surface area contributed by atoms with Gasteiger partial charge in [-0.1, -0.05) is 12.1 Å². The Bertz CT molecular complexity index is 913. The second-order valence-corrected chi connectivity index (χ2v) is 5.36. The molecule has 1 aromatic heterocycles. The third kappa shape index (κ3) is 2.73. The Kier molecular flexibility index (Phi) is 3.70. The zero-order valence-electron chi connectivity index (χ0n) is 12.8. The lowest BCUT2D eigenvalue weighted by Gasteiger charge is -2.10. The molecule has 0 atom stereocenters. The quantitative estimate of drug-likeness (QED) is 0.715. The van der Waals surface area contributed by atoms with Gasteiger partial charge in [-0.05, 0) is 48.9 Å². The lowest BCUT2D eigenvalue weighted by molar-refractivity contribution is -0.612. The largest absolute Gasteiger partial charge is 0.508 e. The molecule has 0 spiro atoms. The van der Waals surface area contributed by atoms with Gasteiger partial charge in [-0.2, -0.15) is 0 Å².